The number of carbonyl (C=O) groups is 3. The summed E-state index contributed by atoms with van der Waals surface area (Å²) in [7, 11) is 0. The van der Waals surface area contributed by atoms with E-state index in [0.717, 1.165) is 30.8 Å². The summed E-state index contributed by atoms with van der Waals surface area (Å²) in [4.78, 5) is 39.6. The molecule has 166 valence electrons. The summed E-state index contributed by atoms with van der Waals surface area (Å²) in [6, 6.07) is 11.6. The predicted molar refractivity (Wildman–Crippen MR) is 127 cm³/mol. The SMILES string of the molecule is CCCCN(C(C)=O)C1C(=O)C(=CC2=[N+](CC)c3ccc4ccccc4c3C2(C)C)C1=O. The van der Waals surface area contributed by atoms with E-state index >= 15 is 0 Å². The number of rotatable bonds is 6. The van der Waals surface area contributed by atoms with Gasteiger partial charge >= 0.3 is 0 Å². The first-order valence-corrected chi connectivity index (χ1v) is 11.5. The van der Waals surface area contributed by atoms with Crippen molar-refractivity contribution in [3.8, 4) is 0 Å². The lowest BCUT2D eigenvalue weighted by molar-refractivity contribution is -0.433. The maximum Gasteiger partial charge on any atom is 0.220 e. The van der Waals surface area contributed by atoms with Crippen molar-refractivity contribution in [3.63, 3.8) is 0 Å². The van der Waals surface area contributed by atoms with E-state index in [1.54, 1.807) is 6.08 Å². The highest BCUT2D eigenvalue weighted by molar-refractivity contribution is 6.43. The molecule has 1 heterocycles. The number of amides is 1. The van der Waals surface area contributed by atoms with Crippen LogP contribution in [0.5, 0.6) is 0 Å². The largest absolute Gasteiger partial charge is 0.325 e. The highest BCUT2D eigenvalue weighted by atomic mass is 16.2. The minimum absolute atomic E-state index is 0.205. The van der Waals surface area contributed by atoms with Crippen molar-refractivity contribution in [1.82, 2.24) is 4.90 Å². The molecule has 5 nitrogen and oxygen atoms in total. The molecule has 0 radical (unpaired) electrons. The Morgan fingerprint density at radius 3 is 2.41 bits per heavy atom. The topological polar surface area (TPSA) is 57.5 Å². The standard InChI is InChI=1S/C27H31N2O3/c1-6-8-15-29(17(3)30)24-25(31)20(26(24)32)16-22-27(4,5)23-19-12-10-9-11-18(19)13-14-21(23)28(22)7-2/h9-14,16,24H,6-8,15H2,1-5H3/q+1. The number of Topliss-reactive ketones (excluding diaryl/α,β-unsaturated/α-hetero) is 2. The Morgan fingerprint density at radius 1 is 1.09 bits per heavy atom. The van der Waals surface area contributed by atoms with E-state index in [0.29, 0.717) is 6.54 Å². The minimum Gasteiger partial charge on any atom is -0.325 e. The van der Waals surface area contributed by atoms with E-state index in [9.17, 15) is 14.4 Å². The molecule has 1 aliphatic carbocycles. The molecule has 2 aliphatic rings. The zero-order valence-electron chi connectivity index (χ0n) is 19.6. The Morgan fingerprint density at radius 2 is 1.78 bits per heavy atom. The normalized spacial score (nSPS) is 19.3. The Kier molecular flexibility index (Phi) is 5.61. The van der Waals surface area contributed by atoms with Crippen LogP contribution in [0.2, 0.25) is 0 Å². The number of hydrogen-bond acceptors (Lipinski definition) is 3. The van der Waals surface area contributed by atoms with E-state index in [2.05, 4.69) is 49.6 Å². The first-order valence-electron chi connectivity index (χ1n) is 11.5. The summed E-state index contributed by atoms with van der Waals surface area (Å²) in [5.74, 6) is -0.727. The molecule has 0 aromatic heterocycles. The summed E-state index contributed by atoms with van der Waals surface area (Å²) in [6.45, 7) is 11.0. The molecule has 1 fully saturated rings. The molecule has 0 saturated heterocycles. The molecule has 5 heteroatoms. The van der Waals surface area contributed by atoms with Gasteiger partial charge in [0.2, 0.25) is 11.6 Å². The summed E-state index contributed by atoms with van der Waals surface area (Å²) < 4.78 is 2.20. The van der Waals surface area contributed by atoms with Gasteiger partial charge in [-0.2, -0.15) is 4.58 Å². The van der Waals surface area contributed by atoms with Crippen LogP contribution in [0.15, 0.2) is 48.0 Å². The zero-order valence-corrected chi connectivity index (χ0v) is 19.6. The van der Waals surface area contributed by atoms with Gasteiger partial charge in [0.1, 0.15) is 6.54 Å². The number of ketones is 2. The lowest BCUT2D eigenvalue weighted by atomic mass is 9.75. The molecule has 1 aliphatic heterocycles. The van der Waals surface area contributed by atoms with Crippen molar-refractivity contribution in [2.75, 3.05) is 13.1 Å². The van der Waals surface area contributed by atoms with Crippen molar-refractivity contribution >= 4 is 39.6 Å². The van der Waals surface area contributed by atoms with Crippen molar-refractivity contribution in [1.29, 1.82) is 0 Å². The fraction of sp³-hybridized carbons (Fsp3) is 0.407. The van der Waals surface area contributed by atoms with Crippen LogP contribution in [-0.2, 0) is 19.8 Å². The molecule has 4 rings (SSSR count). The van der Waals surface area contributed by atoms with Crippen LogP contribution in [0.25, 0.3) is 10.8 Å². The van der Waals surface area contributed by atoms with Gasteiger partial charge in [-0.3, -0.25) is 14.4 Å². The summed E-state index contributed by atoms with van der Waals surface area (Å²) in [5.41, 5.74) is 3.12. The van der Waals surface area contributed by atoms with E-state index in [1.165, 1.54) is 28.2 Å². The maximum absolute atomic E-state index is 13.0. The van der Waals surface area contributed by atoms with Gasteiger partial charge in [-0.15, -0.1) is 0 Å². The van der Waals surface area contributed by atoms with Gasteiger partial charge in [-0.25, -0.2) is 0 Å². The van der Waals surface area contributed by atoms with Crippen molar-refractivity contribution in [3.05, 3.63) is 53.6 Å². The van der Waals surface area contributed by atoms with Crippen molar-refractivity contribution < 1.29 is 19.0 Å². The summed E-state index contributed by atoms with van der Waals surface area (Å²) in [6.07, 6.45) is 3.44. The van der Waals surface area contributed by atoms with Gasteiger partial charge in [0, 0.05) is 31.2 Å². The number of hydrogen-bond donors (Lipinski definition) is 0. The summed E-state index contributed by atoms with van der Waals surface area (Å²) in [5, 5.41) is 2.36. The second-order valence-electron chi connectivity index (χ2n) is 9.19. The first kappa shape index (κ1) is 22.1. The van der Waals surface area contributed by atoms with Crippen molar-refractivity contribution in [2.45, 2.75) is 58.9 Å². The number of nitrogens with zero attached hydrogens (tertiary/aromatic N) is 2. The lowest BCUT2D eigenvalue weighted by Crippen LogP contribution is -2.59. The minimum atomic E-state index is -0.964. The van der Waals surface area contributed by atoms with Crippen LogP contribution >= 0.6 is 0 Å². The van der Waals surface area contributed by atoms with Crippen LogP contribution in [0, 0.1) is 0 Å². The maximum atomic E-state index is 13.0. The van der Waals surface area contributed by atoms with Crippen LogP contribution in [-0.4, -0.2) is 51.8 Å². The molecule has 0 N–H and O–H groups in total. The van der Waals surface area contributed by atoms with E-state index < -0.39 is 6.04 Å². The van der Waals surface area contributed by atoms with Gasteiger partial charge in [0.05, 0.1) is 11.0 Å². The molecular weight excluding hydrogens is 400 g/mol. The second kappa shape index (κ2) is 8.12. The highest BCUT2D eigenvalue weighted by Crippen LogP contribution is 2.44. The summed E-state index contributed by atoms with van der Waals surface area (Å²) >= 11 is 0. The van der Waals surface area contributed by atoms with Gasteiger partial charge in [0.25, 0.3) is 0 Å². The van der Waals surface area contributed by atoms with Gasteiger partial charge < -0.3 is 4.90 Å². The van der Waals surface area contributed by atoms with Gasteiger partial charge in [0.15, 0.2) is 23.3 Å². The van der Waals surface area contributed by atoms with Gasteiger partial charge in [-0.05, 0) is 44.0 Å². The lowest BCUT2D eigenvalue weighted by Gasteiger charge is -2.35. The molecule has 32 heavy (non-hydrogen) atoms. The van der Waals surface area contributed by atoms with Crippen LogP contribution in [0.4, 0.5) is 5.69 Å². The third kappa shape index (κ3) is 3.22. The number of benzene rings is 2. The Hall–Kier alpha value is -3.08. The van der Waals surface area contributed by atoms with Crippen LogP contribution < -0.4 is 0 Å². The molecular formula is C27H31N2O3+. The monoisotopic (exact) mass is 431 g/mol. The Balaban J connectivity index is 1.75. The highest BCUT2D eigenvalue weighted by Gasteiger charge is 2.52. The third-order valence-electron chi connectivity index (χ3n) is 6.85. The second-order valence-corrected chi connectivity index (χ2v) is 9.19. The molecule has 2 aromatic rings. The zero-order chi connectivity index (χ0) is 23.2. The molecule has 1 amide bonds. The first-order chi connectivity index (χ1) is 15.2. The predicted octanol–water partition coefficient (Wildman–Crippen LogP) is 4.33. The van der Waals surface area contributed by atoms with Crippen LogP contribution in [0.3, 0.4) is 0 Å². The third-order valence-corrected chi connectivity index (χ3v) is 6.85. The fourth-order valence-corrected chi connectivity index (χ4v) is 5.15. The Bertz CT molecular complexity index is 1180. The van der Waals surface area contributed by atoms with Crippen molar-refractivity contribution in [2.24, 2.45) is 0 Å². The Labute approximate surface area is 189 Å². The molecule has 1 saturated carbocycles. The van der Waals surface area contributed by atoms with E-state index in [-0.39, 0.29) is 28.5 Å². The number of carbonyl (C=O) groups excluding carboxylic acids is 3. The van der Waals surface area contributed by atoms with E-state index in [4.69, 9.17) is 0 Å². The molecule has 0 spiro atoms. The van der Waals surface area contributed by atoms with E-state index in [1.807, 2.05) is 19.1 Å². The smallest absolute Gasteiger partial charge is 0.220 e. The number of fused-ring (bicyclic) bond motifs is 3. The average Bonchev–Trinajstić information content (AvgIpc) is 3.00. The van der Waals surface area contributed by atoms with Gasteiger partial charge in [-0.1, -0.05) is 37.6 Å². The molecule has 0 bridgehead atoms. The number of allylic oxidation sites excluding steroid dienone is 1. The van der Waals surface area contributed by atoms with Crippen LogP contribution in [0.1, 0.15) is 53.0 Å². The number of unbranched alkanes of at least 4 members (excludes halogenated alkanes) is 1. The quantitative estimate of drug-likeness (QED) is 0.296. The fourth-order valence-electron chi connectivity index (χ4n) is 5.15. The average molecular weight is 432 g/mol. The molecule has 0 atom stereocenters. The molecule has 2 aromatic carbocycles. The molecule has 0 unspecified atom stereocenters.